The van der Waals surface area contributed by atoms with E-state index in [0.717, 1.165) is 0 Å². The standard InChI is InChI=1S/C16H22BrN/c1-12-5-6-13(11-14(12)17)18-15-7-10-16(15)8-3-2-4-9-16/h5-6,11,15,18H,2-4,7-10H2,1H3. The van der Waals surface area contributed by atoms with E-state index in [-0.39, 0.29) is 0 Å². The monoisotopic (exact) mass is 307 g/mol. The third-order valence-electron chi connectivity index (χ3n) is 5.03. The lowest BCUT2D eigenvalue weighted by Gasteiger charge is -2.52. The van der Waals surface area contributed by atoms with Gasteiger partial charge in [0.1, 0.15) is 0 Å². The van der Waals surface area contributed by atoms with Crippen molar-refractivity contribution >= 4 is 21.6 Å². The summed E-state index contributed by atoms with van der Waals surface area (Å²) in [6.07, 6.45) is 10.0. The molecule has 1 nitrogen and oxygen atoms in total. The molecule has 0 heterocycles. The van der Waals surface area contributed by atoms with Gasteiger partial charge in [-0.15, -0.1) is 0 Å². The number of anilines is 1. The van der Waals surface area contributed by atoms with Crippen LogP contribution in [0.1, 0.15) is 50.5 Å². The quantitative estimate of drug-likeness (QED) is 0.783. The van der Waals surface area contributed by atoms with Gasteiger partial charge in [0, 0.05) is 16.2 Å². The summed E-state index contributed by atoms with van der Waals surface area (Å²) in [6, 6.07) is 7.35. The topological polar surface area (TPSA) is 12.0 Å². The summed E-state index contributed by atoms with van der Waals surface area (Å²) >= 11 is 3.62. The molecule has 2 saturated carbocycles. The predicted octanol–water partition coefficient (Wildman–Crippen LogP) is 5.28. The molecule has 0 amide bonds. The zero-order valence-corrected chi connectivity index (χ0v) is 12.7. The highest BCUT2D eigenvalue weighted by Gasteiger charge is 2.46. The van der Waals surface area contributed by atoms with Gasteiger partial charge < -0.3 is 5.32 Å². The Kier molecular flexibility index (Phi) is 3.40. The van der Waals surface area contributed by atoms with Crippen molar-refractivity contribution in [1.82, 2.24) is 0 Å². The maximum Gasteiger partial charge on any atom is 0.0354 e. The summed E-state index contributed by atoms with van der Waals surface area (Å²) < 4.78 is 1.21. The van der Waals surface area contributed by atoms with Gasteiger partial charge in [0.2, 0.25) is 0 Å². The molecule has 2 heteroatoms. The van der Waals surface area contributed by atoms with E-state index < -0.39 is 0 Å². The Morgan fingerprint density at radius 1 is 1.17 bits per heavy atom. The Balaban J connectivity index is 1.70. The van der Waals surface area contributed by atoms with Gasteiger partial charge in [0.25, 0.3) is 0 Å². The fraction of sp³-hybridized carbons (Fsp3) is 0.625. The molecule has 2 fully saturated rings. The van der Waals surface area contributed by atoms with E-state index in [1.54, 1.807) is 0 Å². The molecule has 3 rings (SSSR count). The molecule has 0 bridgehead atoms. The number of nitrogens with one attached hydrogen (secondary N) is 1. The van der Waals surface area contributed by atoms with Gasteiger partial charge in [-0.05, 0) is 55.7 Å². The van der Waals surface area contributed by atoms with Gasteiger partial charge in [0.05, 0.1) is 0 Å². The number of hydrogen-bond acceptors (Lipinski definition) is 1. The number of aryl methyl sites for hydroxylation is 1. The van der Waals surface area contributed by atoms with Gasteiger partial charge in [0.15, 0.2) is 0 Å². The number of hydrogen-bond donors (Lipinski definition) is 1. The summed E-state index contributed by atoms with van der Waals surface area (Å²) in [5.41, 5.74) is 3.22. The minimum absolute atomic E-state index is 0.635. The van der Waals surface area contributed by atoms with Gasteiger partial charge in [-0.3, -0.25) is 0 Å². The molecule has 1 atom stereocenters. The summed E-state index contributed by atoms with van der Waals surface area (Å²) in [6.45, 7) is 2.14. The molecule has 1 unspecified atom stereocenters. The lowest BCUT2D eigenvalue weighted by atomic mass is 9.57. The lowest BCUT2D eigenvalue weighted by Crippen LogP contribution is -2.50. The van der Waals surface area contributed by atoms with Gasteiger partial charge in [-0.25, -0.2) is 0 Å². The van der Waals surface area contributed by atoms with E-state index >= 15 is 0 Å². The Hall–Kier alpha value is -0.500. The second kappa shape index (κ2) is 4.88. The van der Waals surface area contributed by atoms with E-state index in [1.807, 2.05) is 0 Å². The molecule has 18 heavy (non-hydrogen) atoms. The molecule has 1 aromatic carbocycles. The highest BCUT2D eigenvalue weighted by Crippen LogP contribution is 2.52. The Bertz CT molecular complexity index is 435. The van der Waals surface area contributed by atoms with Crippen molar-refractivity contribution < 1.29 is 0 Å². The van der Waals surface area contributed by atoms with Crippen molar-refractivity contribution in [2.75, 3.05) is 5.32 Å². The van der Waals surface area contributed by atoms with Crippen molar-refractivity contribution in [3.05, 3.63) is 28.2 Å². The predicted molar refractivity (Wildman–Crippen MR) is 81.0 cm³/mol. The van der Waals surface area contributed by atoms with Crippen LogP contribution in [-0.4, -0.2) is 6.04 Å². The summed E-state index contributed by atoms with van der Waals surface area (Å²) in [5, 5.41) is 3.78. The smallest absolute Gasteiger partial charge is 0.0354 e. The second-order valence-electron chi connectivity index (χ2n) is 6.12. The average Bonchev–Trinajstić information content (AvgIpc) is 2.40. The molecule has 2 aliphatic rings. The van der Waals surface area contributed by atoms with E-state index in [0.29, 0.717) is 11.5 Å². The molecule has 98 valence electrons. The highest BCUT2D eigenvalue weighted by molar-refractivity contribution is 9.10. The Morgan fingerprint density at radius 3 is 2.56 bits per heavy atom. The Morgan fingerprint density at radius 2 is 1.94 bits per heavy atom. The van der Waals surface area contributed by atoms with Crippen LogP contribution in [0.15, 0.2) is 22.7 Å². The van der Waals surface area contributed by atoms with Gasteiger partial charge >= 0.3 is 0 Å². The maximum atomic E-state index is 3.78. The van der Waals surface area contributed by atoms with Crippen molar-refractivity contribution in [2.45, 2.75) is 57.9 Å². The van der Waals surface area contributed by atoms with Crippen LogP contribution in [0.2, 0.25) is 0 Å². The molecular formula is C16H22BrN. The second-order valence-corrected chi connectivity index (χ2v) is 6.98. The van der Waals surface area contributed by atoms with Crippen LogP contribution in [-0.2, 0) is 0 Å². The summed E-state index contributed by atoms with van der Waals surface area (Å²) in [4.78, 5) is 0. The molecule has 1 aromatic rings. The van der Waals surface area contributed by atoms with Crippen LogP contribution in [0.3, 0.4) is 0 Å². The molecule has 0 aromatic heterocycles. The van der Waals surface area contributed by atoms with Crippen molar-refractivity contribution in [3.63, 3.8) is 0 Å². The summed E-state index contributed by atoms with van der Waals surface area (Å²) in [5.74, 6) is 0. The molecule has 0 saturated heterocycles. The van der Waals surface area contributed by atoms with Crippen LogP contribution in [0.25, 0.3) is 0 Å². The average molecular weight is 308 g/mol. The molecule has 0 radical (unpaired) electrons. The van der Waals surface area contributed by atoms with Crippen LogP contribution < -0.4 is 5.32 Å². The van der Waals surface area contributed by atoms with Gasteiger partial charge in [-0.1, -0.05) is 41.3 Å². The van der Waals surface area contributed by atoms with Crippen molar-refractivity contribution in [2.24, 2.45) is 5.41 Å². The number of rotatable bonds is 2. The first-order valence-electron chi connectivity index (χ1n) is 7.22. The molecular weight excluding hydrogens is 286 g/mol. The fourth-order valence-electron chi connectivity index (χ4n) is 3.66. The van der Waals surface area contributed by atoms with Gasteiger partial charge in [-0.2, -0.15) is 0 Å². The van der Waals surface area contributed by atoms with E-state index in [2.05, 4.69) is 46.4 Å². The van der Waals surface area contributed by atoms with Crippen LogP contribution in [0.5, 0.6) is 0 Å². The summed E-state index contributed by atoms with van der Waals surface area (Å²) in [7, 11) is 0. The van der Waals surface area contributed by atoms with Crippen molar-refractivity contribution in [1.29, 1.82) is 0 Å². The molecule has 0 aliphatic heterocycles. The minimum Gasteiger partial charge on any atom is -0.382 e. The van der Waals surface area contributed by atoms with E-state index in [1.165, 1.54) is 60.7 Å². The fourth-order valence-corrected chi connectivity index (χ4v) is 4.04. The third-order valence-corrected chi connectivity index (χ3v) is 5.89. The van der Waals surface area contributed by atoms with Crippen LogP contribution in [0.4, 0.5) is 5.69 Å². The molecule has 1 N–H and O–H groups in total. The maximum absolute atomic E-state index is 3.78. The zero-order valence-electron chi connectivity index (χ0n) is 11.1. The van der Waals surface area contributed by atoms with Crippen LogP contribution in [0, 0.1) is 12.3 Å². The third kappa shape index (κ3) is 2.20. The van der Waals surface area contributed by atoms with E-state index in [4.69, 9.17) is 0 Å². The van der Waals surface area contributed by atoms with E-state index in [9.17, 15) is 0 Å². The molecule has 1 spiro atoms. The minimum atomic E-state index is 0.635. The Labute approximate surface area is 118 Å². The zero-order chi connectivity index (χ0) is 12.6. The lowest BCUT2D eigenvalue weighted by molar-refractivity contribution is 0.0571. The largest absolute Gasteiger partial charge is 0.382 e. The highest BCUT2D eigenvalue weighted by atomic mass is 79.9. The normalized spacial score (nSPS) is 25.8. The number of benzene rings is 1. The van der Waals surface area contributed by atoms with Crippen LogP contribution >= 0.6 is 15.9 Å². The first-order valence-corrected chi connectivity index (χ1v) is 8.02. The SMILES string of the molecule is Cc1ccc(NC2CCC23CCCCC3)cc1Br. The van der Waals surface area contributed by atoms with Crippen molar-refractivity contribution in [3.8, 4) is 0 Å². The molecule has 2 aliphatic carbocycles. The first kappa shape index (κ1) is 12.5. The number of halogens is 1. The first-order chi connectivity index (χ1) is 8.70.